The highest BCUT2D eigenvalue weighted by molar-refractivity contribution is 5.96. The smallest absolute Gasteiger partial charge is 0.422 e. The zero-order chi connectivity index (χ0) is 18.5. The number of ether oxygens (including phenoxy) is 2. The van der Waals surface area contributed by atoms with Crippen LogP contribution in [-0.4, -0.2) is 45.5 Å². The highest BCUT2D eigenvalue weighted by Gasteiger charge is 2.40. The van der Waals surface area contributed by atoms with E-state index in [0.717, 1.165) is 0 Å². The maximum absolute atomic E-state index is 12.8. The van der Waals surface area contributed by atoms with Gasteiger partial charge in [-0.2, -0.15) is 13.2 Å². The van der Waals surface area contributed by atoms with Crippen LogP contribution in [0, 0.1) is 12.3 Å². The first kappa shape index (κ1) is 19.5. The third kappa shape index (κ3) is 5.09. The Bertz CT molecular complexity index is 594. The number of halogens is 3. The number of alkyl halides is 3. The van der Waals surface area contributed by atoms with Crippen molar-refractivity contribution in [2.45, 2.75) is 25.9 Å². The summed E-state index contributed by atoms with van der Waals surface area (Å²) in [5.41, 5.74) is 0.259. The monoisotopic (exact) mass is 360 g/mol. The fourth-order valence-electron chi connectivity index (χ4n) is 2.94. The van der Waals surface area contributed by atoms with Crippen molar-refractivity contribution in [2.75, 3.05) is 38.7 Å². The summed E-state index contributed by atoms with van der Waals surface area (Å²) < 4.78 is 47.1. The summed E-state index contributed by atoms with van der Waals surface area (Å²) >= 11 is 0. The van der Waals surface area contributed by atoms with Crippen molar-refractivity contribution in [2.24, 2.45) is 5.41 Å². The van der Waals surface area contributed by atoms with Gasteiger partial charge >= 0.3 is 6.18 Å². The molecule has 1 fully saturated rings. The van der Waals surface area contributed by atoms with E-state index in [9.17, 15) is 18.0 Å². The van der Waals surface area contributed by atoms with Gasteiger partial charge in [-0.25, -0.2) is 0 Å². The number of rotatable bonds is 6. The Hall–Kier alpha value is -1.80. The molecule has 1 amide bonds. The quantitative estimate of drug-likeness (QED) is 0.819. The van der Waals surface area contributed by atoms with Crippen molar-refractivity contribution < 1.29 is 27.4 Å². The number of methoxy groups -OCH3 is 1. The average molecular weight is 360 g/mol. The Morgan fingerprint density at radius 2 is 2.00 bits per heavy atom. The normalized spacial score (nSPS) is 17.2. The lowest BCUT2D eigenvalue weighted by Gasteiger charge is -2.35. The summed E-state index contributed by atoms with van der Waals surface area (Å²) in [6, 6.07) is 4.65. The first-order chi connectivity index (χ1) is 11.8. The largest absolute Gasteiger partial charge is 0.484 e. The molecule has 2 N–H and O–H groups in total. The van der Waals surface area contributed by atoms with E-state index in [4.69, 9.17) is 9.47 Å². The Labute approximate surface area is 144 Å². The lowest BCUT2D eigenvalue weighted by atomic mass is 9.78. The van der Waals surface area contributed by atoms with Crippen molar-refractivity contribution >= 4 is 11.6 Å². The molecule has 140 valence electrons. The molecule has 1 saturated heterocycles. The van der Waals surface area contributed by atoms with Crippen molar-refractivity contribution in [1.82, 2.24) is 5.32 Å². The second-order valence-corrected chi connectivity index (χ2v) is 6.25. The molecule has 0 aliphatic carbocycles. The molecule has 0 bridgehead atoms. The van der Waals surface area contributed by atoms with E-state index < -0.39 is 18.2 Å². The molecule has 0 spiro atoms. The van der Waals surface area contributed by atoms with Crippen molar-refractivity contribution in [3.8, 4) is 5.75 Å². The van der Waals surface area contributed by atoms with E-state index in [1.165, 1.54) is 6.07 Å². The second-order valence-electron chi connectivity index (χ2n) is 6.25. The van der Waals surface area contributed by atoms with Crippen molar-refractivity contribution in [1.29, 1.82) is 0 Å². The van der Waals surface area contributed by atoms with E-state index >= 15 is 0 Å². The Morgan fingerprint density at radius 3 is 2.60 bits per heavy atom. The molecule has 1 aliphatic heterocycles. The number of carbonyl (C=O) groups excluding carboxylic acids is 1. The standard InChI is InChI=1S/C17H23F3N2O3/c1-12-13(4-3-5-14(12)25-11-17(18,19)20)22-15(23)16(10-24-2)6-8-21-9-7-16/h3-5,21H,6-11H2,1-2H3,(H,22,23). The van der Waals surface area contributed by atoms with Gasteiger partial charge in [0.2, 0.25) is 5.91 Å². The molecule has 0 radical (unpaired) electrons. The molecule has 1 aromatic rings. The minimum atomic E-state index is -4.41. The van der Waals surface area contributed by atoms with Crippen LogP contribution >= 0.6 is 0 Å². The van der Waals surface area contributed by atoms with Crippen molar-refractivity contribution in [3.63, 3.8) is 0 Å². The zero-order valence-corrected chi connectivity index (χ0v) is 14.3. The van der Waals surface area contributed by atoms with Crippen LogP contribution in [0.2, 0.25) is 0 Å². The molecule has 1 heterocycles. The van der Waals surface area contributed by atoms with Crippen LogP contribution in [-0.2, 0) is 9.53 Å². The number of nitrogens with one attached hydrogen (secondary N) is 2. The minimum Gasteiger partial charge on any atom is -0.484 e. The molecule has 0 aromatic heterocycles. The van der Waals surface area contributed by atoms with Gasteiger partial charge in [0.05, 0.1) is 12.0 Å². The van der Waals surface area contributed by atoms with Crippen LogP contribution < -0.4 is 15.4 Å². The summed E-state index contributed by atoms with van der Waals surface area (Å²) in [6.07, 6.45) is -3.14. The lowest BCUT2D eigenvalue weighted by Crippen LogP contribution is -2.47. The van der Waals surface area contributed by atoms with Crippen LogP contribution in [0.25, 0.3) is 0 Å². The third-order valence-electron chi connectivity index (χ3n) is 4.39. The number of anilines is 1. The molecule has 0 unspecified atom stereocenters. The first-order valence-electron chi connectivity index (χ1n) is 8.08. The number of benzene rings is 1. The zero-order valence-electron chi connectivity index (χ0n) is 14.3. The van der Waals surface area contributed by atoms with Gasteiger partial charge in [-0.3, -0.25) is 4.79 Å². The number of piperidine rings is 1. The fourth-order valence-corrected chi connectivity index (χ4v) is 2.94. The first-order valence-corrected chi connectivity index (χ1v) is 8.08. The molecule has 25 heavy (non-hydrogen) atoms. The van der Waals surface area contributed by atoms with E-state index in [-0.39, 0.29) is 11.7 Å². The molecule has 0 saturated carbocycles. The molecule has 5 nitrogen and oxygen atoms in total. The molecule has 1 aliphatic rings. The van der Waals surface area contributed by atoms with Crippen LogP contribution in [0.4, 0.5) is 18.9 Å². The molecule has 0 atom stereocenters. The van der Waals surface area contributed by atoms with Gasteiger partial charge in [-0.05, 0) is 45.0 Å². The maximum Gasteiger partial charge on any atom is 0.422 e. The highest BCUT2D eigenvalue weighted by atomic mass is 19.4. The summed E-state index contributed by atoms with van der Waals surface area (Å²) in [4.78, 5) is 12.8. The Morgan fingerprint density at radius 1 is 1.32 bits per heavy atom. The van der Waals surface area contributed by atoms with E-state index in [0.29, 0.717) is 43.8 Å². The molecular weight excluding hydrogens is 337 g/mol. The van der Waals surface area contributed by atoms with Gasteiger partial charge in [-0.15, -0.1) is 0 Å². The number of hydrogen-bond donors (Lipinski definition) is 2. The minimum absolute atomic E-state index is 0.0984. The number of carbonyl (C=O) groups is 1. The number of amides is 1. The fraction of sp³-hybridized carbons (Fsp3) is 0.588. The van der Waals surface area contributed by atoms with Crippen LogP contribution in [0.3, 0.4) is 0 Å². The van der Waals surface area contributed by atoms with Crippen LogP contribution in [0.5, 0.6) is 5.75 Å². The maximum atomic E-state index is 12.8. The van der Waals surface area contributed by atoms with E-state index in [1.54, 1.807) is 26.2 Å². The third-order valence-corrected chi connectivity index (χ3v) is 4.39. The van der Waals surface area contributed by atoms with Gasteiger partial charge in [0.15, 0.2) is 6.61 Å². The van der Waals surface area contributed by atoms with Crippen molar-refractivity contribution in [3.05, 3.63) is 23.8 Å². The summed E-state index contributed by atoms with van der Waals surface area (Å²) in [5.74, 6) is -0.0897. The summed E-state index contributed by atoms with van der Waals surface area (Å²) in [7, 11) is 1.55. The van der Waals surface area contributed by atoms with E-state index in [2.05, 4.69) is 10.6 Å². The second kappa shape index (κ2) is 8.05. The van der Waals surface area contributed by atoms with Crippen LogP contribution in [0.15, 0.2) is 18.2 Å². The van der Waals surface area contributed by atoms with Gasteiger partial charge in [0.1, 0.15) is 5.75 Å². The van der Waals surface area contributed by atoms with E-state index in [1.807, 2.05) is 0 Å². The Balaban J connectivity index is 2.14. The highest BCUT2D eigenvalue weighted by Crippen LogP contribution is 2.33. The van der Waals surface area contributed by atoms with Gasteiger partial charge < -0.3 is 20.1 Å². The van der Waals surface area contributed by atoms with Crippen LogP contribution in [0.1, 0.15) is 18.4 Å². The van der Waals surface area contributed by atoms with Gasteiger partial charge in [-0.1, -0.05) is 6.07 Å². The van der Waals surface area contributed by atoms with Gasteiger partial charge in [0.25, 0.3) is 0 Å². The Kier molecular flexibility index (Phi) is 6.29. The molecular formula is C17H23F3N2O3. The predicted octanol–water partition coefficient (Wildman–Crippen LogP) is 2.89. The average Bonchev–Trinajstić information content (AvgIpc) is 2.56. The molecule has 1 aromatic carbocycles. The van der Waals surface area contributed by atoms with Gasteiger partial charge in [0, 0.05) is 18.4 Å². The molecule has 8 heteroatoms. The summed E-state index contributed by atoms with van der Waals surface area (Å²) in [6.45, 7) is 1.97. The topological polar surface area (TPSA) is 59.6 Å². The SMILES string of the molecule is COCC1(C(=O)Nc2cccc(OCC(F)(F)F)c2C)CCNCC1. The molecule has 2 rings (SSSR count). The predicted molar refractivity (Wildman–Crippen MR) is 87.8 cm³/mol. The number of hydrogen-bond acceptors (Lipinski definition) is 4. The summed E-state index contributed by atoms with van der Waals surface area (Å²) in [5, 5.41) is 6.04. The lowest BCUT2D eigenvalue weighted by molar-refractivity contribution is -0.153.